The summed E-state index contributed by atoms with van der Waals surface area (Å²) in [6.45, 7) is 0.640. The Kier molecular flexibility index (Phi) is 3.98. The fraction of sp³-hybridized carbons (Fsp3) is 0.400. The maximum absolute atomic E-state index is 12.8. The number of hydrogen-bond acceptors (Lipinski definition) is 6. The van der Waals surface area contributed by atoms with E-state index in [0.717, 1.165) is 23.1 Å². The van der Waals surface area contributed by atoms with Crippen LogP contribution in [0.3, 0.4) is 0 Å². The zero-order valence-electron chi connectivity index (χ0n) is 12.2. The van der Waals surface area contributed by atoms with Gasteiger partial charge >= 0.3 is 5.97 Å². The number of carbonyl (C=O) groups excluding carboxylic acids is 2. The molecule has 6 nitrogen and oxygen atoms in total. The highest BCUT2D eigenvalue weighted by Gasteiger charge is 2.33. The number of fused-ring (bicyclic) bond motifs is 1. The zero-order valence-corrected chi connectivity index (χ0v) is 13.1. The normalized spacial score (nSPS) is 17.9. The summed E-state index contributed by atoms with van der Waals surface area (Å²) in [6.07, 6.45) is 3.61. The van der Waals surface area contributed by atoms with Gasteiger partial charge in [-0.1, -0.05) is 0 Å². The molecule has 1 unspecified atom stereocenters. The van der Waals surface area contributed by atoms with E-state index >= 15 is 0 Å². The highest BCUT2D eigenvalue weighted by molar-refractivity contribution is 7.21. The van der Waals surface area contributed by atoms with E-state index in [2.05, 4.69) is 4.98 Å². The van der Waals surface area contributed by atoms with Crippen molar-refractivity contribution in [1.82, 2.24) is 9.88 Å². The Morgan fingerprint density at radius 3 is 3.09 bits per heavy atom. The minimum atomic E-state index is -0.296. The lowest BCUT2D eigenvalue weighted by atomic mass is 10.1. The number of thiophene rings is 1. The van der Waals surface area contributed by atoms with Gasteiger partial charge in [0.05, 0.1) is 19.2 Å². The van der Waals surface area contributed by atoms with E-state index < -0.39 is 0 Å². The molecule has 116 valence electrons. The number of pyridine rings is 1. The van der Waals surface area contributed by atoms with Crippen molar-refractivity contribution in [3.05, 3.63) is 23.2 Å². The number of nitrogens with zero attached hydrogens (tertiary/aromatic N) is 2. The number of carbonyl (C=O) groups is 2. The number of rotatable bonds is 3. The van der Waals surface area contributed by atoms with E-state index in [0.29, 0.717) is 17.1 Å². The van der Waals surface area contributed by atoms with Gasteiger partial charge in [-0.15, -0.1) is 11.3 Å². The Hall–Kier alpha value is -2.15. The van der Waals surface area contributed by atoms with Gasteiger partial charge in [0, 0.05) is 24.2 Å². The topological polar surface area (TPSA) is 85.5 Å². The minimum absolute atomic E-state index is 0.113. The molecule has 0 spiro atoms. The molecular formula is C15H17N3O3S. The van der Waals surface area contributed by atoms with Crippen LogP contribution in [0.2, 0.25) is 0 Å². The van der Waals surface area contributed by atoms with Crippen LogP contribution in [0.4, 0.5) is 5.69 Å². The van der Waals surface area contributed by atoms with Crippen molar-refractivity contribution < 1.29 is 14.3 Å². The molecule has 0 saturated carbocycles. The lowest BCUT2D eigenvalue weighted by Crippen LogP contribution is -2.36. The maximum atomic E-state index is 12.8. The molecule has 2 aromatic heterocycles. The molecule has 1 saturated heterocycles. The van der Waals surface area contributed by atoms with Crippen LogP contribution in [-0.2, 0) is 9.53 Å². The molecule has 1 fully saturated rings. The average Bonchev–Trinajstić information content (AvgIpc) is 3.12. The van der Waals surface area contributed by atoms with Gasteiger partial charge in [-0.25, -0.2) is 4.98 Å². The summed E-state index contributed by atoms with van der Waals surface area (Å²) in [7, 11) is 1.36. The van der Waals surface area contributed by atoms with Crippen molar-refractivity contribution in [3.63, 3.8) is 0 Å². The van der Waals surface area contributed by atoms with Crippen LogP contribution >= 0.6 is 11.3 Å². The van der Waals surface area contributed by atoms with Crippen LogP contribution in [0, 0.1) is 0 Å². The lowest BCUT2D eigenvalue weighted by molar-refractivity contribution is -0.141. The maximum Gasteiger partial charge on any atom is 0.307 e. The molecule has 1 aliphatic heterocycles. The first-order valence-electron chi connectivity index (χ1n) is 7.12. The van der Waals surface area contributed by atoms with E-state index in [-0.39, 0.29) is 24.3 Å². The van der Waals surface area contributed by atoms with Crippen molar-refractivity contribution in [2.75, 3.05) is 19.4 Å². The van der Waals surface area contributed by atoms with Crippen LogP contribution in [-0.4, -0.2) is 41.5 Å². The number of hydrogen-bond donors (Lipinski definition) is 1. The van der Waals surface area contributed by atoms with Crippen molar-refractivity contribution >= 4 is 39.1 Å². The lowest BCUT2D eigenvalue weighted by Gasteiger charge is -2.23. The van der Waals surface area contributed by atoms with E-state index in [1.54, 1.807) is 17.2 Å². The van der Waals surface area contributed by atoms with Gasteiger partial charge in [0.1, 0.15) is 9.71 Å². The summed E-state index contributed by atoms with van der Waals surface area (Å²) in [5, 5.41) is 0.805. The number of anilines is 1. The summed E-state index contributed by atoms with van der Waals surface area (Å²) >= 11 is 1.30. The third kappa shape index (κ3) is 2.52. The number of aromatic nitrogens is 1. The van der Waals surface area contributed by atoms with Gasteiger partial charge in [-0.05, 0) is 25.0 Å². The summed E-state index contributed by atoms with van der Waals surface area (Å²) in [4.78, 5) is 31.5. The SMILES string of the molecule is COC(=O)CC1CCCN1C(=O)c1sc2ncccc2c1N. The summed E-state index contributed by atoms with van der Waals surface area (Å²) in [6, 6.07) is 3.55. The number of likely N-dealkylation sites (tertiary alicyclic amines) is 1. The van der Waals surface area contributed by atoms with E-state index in [1.807, 2.05) is 6.07 Å². The Morgan fingerprint density at radius 1 is 1.55 bits per heavy atom. The molecule has 2 aromatic rings. The van der Waals surface area contributed by atoms with Crippen molar-refractivity contribution in [3.8, 4) is 0 Å². The molecule has 7 heteroatoms. The Labute approximate surface area is 131 Å². The molecule has 0 aliphatic carbocycles. The zero-order chi connectivity index (χ0) is 15.7. The van der Waals surface area contributed by atoms with Gasteiger partial charge in [0.2, 0.25) is 0 Å². The first kappa shape index (κ1) is 14.8. The number of amides is 1. The molecular weight excluding hydrogens is 302 g/mol. The predicted molar refractivity (Wildman–Crippen MR) is 84.7 cm³/mol. The van der Waals surface area contributed by atoms with Crippen molar-refractivity contribution in [1.29, 1.82) is 0 Å². The Balaban J connectivity index is 1.88. The predicted octanol–water partition coefficient (Wildman–Crippen LogP) is 2.05. The molecule has 2 N–H and O–H groups in total. The third-order valence-corrected chi connectivity index (χ3v) is 5.08. The molecule has 1 atom stereocenters. The first-order chi connectivity index (χ1) is 10.6. The Bertz CT molecular complexity index is 728. The van der Waals surface area contributed by atoms with Crippen LogP contribution in [0.25, 0.3) is 10.2 Å². The van der Waals surface area contributed by atoms with E-state index in [9.17, 15) is 9.59 Å². The third-order valence-electron chi connectivity index (χ3n) is 3.97. The van der Waals surface area contributed by atoms with Gasteiger partial charge in [-0.3, -0.25) is 9.59 Å². The highest BCUT2D eigenvalue weighted by Crippen LogP contribution is 2.34. The average molecular weight is 319 g/mol. The van der Waals surface area contributed by atoms with E-state index in [4.69, 9.17) is 10.5 Å². The van der Waals surface area contributed by atoms with Gasteiger partial charge in [-0.2, -0.15) is 0 Å². The largest absolute Gasteiger partial charge is 0.469 e. The number of nitrogen functional groups attached to an aromatic ring is 1. The summed E-state index contributed by atoms with van der Waals surface area (Å²) in [5.41, 5.74) is 6.59. The first-order valence-corrected chi connectivity index (χ1v) is 7.94. The van der Waals surface area contributed by atoms with E-state index in [1.165, 1.54) is 18.4 Å². The molecule has 0 radical (unpaired) electrons. The highest BCUT2D eigenvalue weighted by atomic mass is 32.1. The second-order valence-electron chi connectivity index (χ2n) is 5.28. The number of nitrogens with two attached hydrogens (primary N) is 1. The number of methoxy groups -OCH3 is 1. The van der Waals surface area contributed by atoms with Gasteiger partial charge in [0.25, 0.3) is 5.91 Å². The molecule has 1 aliphatic rings. The second kappa shape index (κ2) is 5.92. The van der Waals surface area contributed by atoms with Crippen LogP contribution in [0.15, 0.2) is 18.3 Å². The quantitative estimate of drug-likeness (QED) is 0.875. The fourth-order valence-corrected chi connectivity index (χ4v) is 3.85. The molecule has 0 aromatic carbocycles. The Morgan fingerprint density at radius 2 is 2.36 bits per heavy atom. The summed E-state index contributed by atoms with van der Waals surface area (Å²) in [5.74, 6) is -0.414. The standard InChI is InChI=1S/C15H17N3O3S/c1-21-11(19)8-9-4-3-7-18(9)15(20)13-12(16)10-5-2-6-17-14(10)22-13/h2,5-6,9H,3-4,7-8,16H2,1H3. The van der Waals surface area contributed by atoms with Gasteiger partial charge in [0.15, 0.2) is 0 Å². The van der Waals surface area contributed by atoms with Crippen LogP contribution in [0.5, 0.6) is 0 Å². The number of esters is 1. The molecule has 1 amide bonds. The smallest absolute Gasteiger partial charge is 0.307 e. The minimum Gasteiger partial charge on any atom is -0.469 e. The van der Waals surface area contributed by atoms with Gasteiger partial charge < -0.3 is 15.4 Å². The fourth-order valence-electron chi connectivity index (χ4n) is 2.83. The van der Waals surface area contributed by atoms with Crippen molar-refractivity contribution in [2.24, 2.45) is 0 Å². The molecule has 3 heterocycles. The van der Waals surface area contributed by atoms with Crippen molar-refractivity contribution in [2.45, 2.75) is 25.3 Å². The second-order valence-corrected chi connectivity index (χ2v) is 6.27. The number of ether oxygens (including phenoxy) is 1. The van der Waals surface area contributed by atoms with Crippen LogP contribution < -0.4 is 5.73 Å². The molecule has 0 bridgehead atoms. The monoisotopic (exact) mass is 319 g/mol. The molecule has 3 rings (SSSR count). The summed E-state index contributed by atoms with van der Waals surface area (Å²) < 4.78 is 4.71. The van der Waals surface area contributed by atoms with Crippen LogP contribution in [0.1, 0.15) is 28.9 Å². The molecule has 22 heavy (non-hydrogen) atoms.